The summed E-state index contributed by atoms with van der Waals surface area (Å²) < 4.78 is 4.85. The Morgan fingerprint density at radius 3 is 2.36 bits per heavy atom. The molecule has 6 heteroatoms. The number of nitriles is 1. The van der Waals surface area contributed by atoms with E-state index in [1.54, 1.807) is 7.11 Å². The Bertz CT molecular complexity index is 749. The van der Waals surface area contributed by atoms with Gasteiger partial charge in [0.15, 0.2) is 0 Å². The number of carbonyl (C=O) groups excluding carboxylic acids is 1. The molecule has 3 N–H and O–H groups in total. The zero-order chi connectivity index (χ0) is 17.9. The van der Waals surface area contributed by atoms with Crippen LogP contribution in [0.4, 0.5) is 17.1 Å². The molecule has 0 aliphatic rings. The van der Waals surface area contributed by atoms with Gasteiger partial charge in [-0.05, 0) is 36.4 Å². The zero-order valence-electron chi connectivity index (χ0n) is 14.0. The van der Waals surface area contributed by atoms with Crippen LogP contribution in [0.2, 0.25) is 0 Å². The number of hydrogen-bond acceptors (Lipinski definition) is 5. The zero-order valence-corrected chi connectivity index (χ0v) is 14.0. The van der Waals surface area contributed by atoms with Crippen LogP contribution < -0.4 is 16.0 Å². The van der Waals surface area contributed by atoms with Crippen molar-refractivity contribution in [2.45, 2.75) is 0 Å². The number of ether oxygens (including phenoxy) is 1. The molecule has 0 saturated heterocycles. The van der Waals surface area contributed by atoms with Crippen molar-refractivity contribution in [1.29, 1.82) is 5.26 Å². The molecule has 2 rings (SSSR count). The van der Waals surface area contributed by atoms with Gasteiger partial charge < -0.3 is 20.7 Å². The van der Waals surface area contributed by atoms with Gasteiger partial charge in [0.1, 0.15) is 11.6 Å². The van der Waals surface area contributed by atoms with Crippen LogP contribution in [0.25, 0.3) is 0 Å². The Morgan fingerprint density at radius 1 is 1.08 bits per heavy atom. The number of benzene rings is 2. The third-order valence-electron chi connectivity index (χ3n) is 3.29. The number of carbonyl (C=O) groups is 1. The van der Waals surface area contributed by atoms with E-state index in [1.165, 1.54) is 6.20 Å². The van der Waals surface area contributed by atoms with Gasteiger partial charge in [-0.3, -0.25) is 4.79 Å². The molecule has 0 saturated carbocycles. The first-order valence-electron chi connectivity index (χ1n) is 7.79. The largest absolute Gasteiger partial charge is 0.383 e. The Hall–Kier alpha value is -3.30. The predicted octanol–water partition coefficient (Wildman–Crippen LogP) is 3.01. The third kappa shape index (κ3) is 6.01. The highest BCUT2D eigenvalue weighted by Gasteiger charge is 2.07. The maximum absolute atomic E-state index is 11.8. The molecule has 0 bridgehead atoms. The van der Waals surface area contributed by atoms with Crippen molar-refractivity contribution < 1.29 is 9.53 Å². The van der Waals surface area contributed by atoms with Gasteiger partial charge in [0.05, 0.1) is 6.61 Å². The number of nitrogens with zero attached hydrogens (tertiary/aromatic N) is 1. The highest BCUT2D eigenvalue weighted by molar-refractivity contribution is 5.97. The quantitative estimate of drug-likeness (QED) is 0.392. The number of rotatable bonds is 8. The molecule has 1 amide bonds. The summed E-state index contributed by atoms with van der Waals surface area (Å²) >= 11 is 0. The molecule has 0 atom stereocenters. The normalized spacial score (nSPS) is 10.6. The molecular weight excluding hydrogens is 316 g/mol. The van der Waals surface area contributed by atoms with Crippen molar-refractivity contribution >= 4 is 23.0 Å². The number of para-hydroxylation sites is 1. The summed E-state index contributed by atoms with van der Waals surface area (Å²) in [5, 5.41) is 17.9. The molecule has 0 aliphatic carbocycles. The molecule has 0 unspecified atom stereocenters. The summed E-state index contributed by atoms with van der Waals surface area (Å²) in [5.74, 6) is -0.436. The molecule has 0 aliphatic heterocycles. The van der Waals surface area contributed by atoms with Crippen LogP contribution in [-0.2, 0) is 9.53 Å². The second-order valence-corrected chi connectivity index (χ2v) is 5.13. The van der Waals surface area contributed by atoms with E-state index in [0.717, 1.165) is 17.1 Å². The van der Waals surface area contributed by atoms with Crippen molar-refractivity contribution in [3.63, 3.8) is 0 Å². The summed E-state index contributed by atoms with van der Waals surface area (Å²) in [6.45, 7) is 0.752. The van der Waals surface area contributed by atoms with Crippen LogP contribution in [0.1, 0.15) is 0 Å². The molecule has 2 aromatic carbocycles. The highest BCUT2D eigenvalue weighted by Crippen LogP contribution is 2.18. The van der Waals surface area contributed by atoms with E-state index in [1.807, 2.05) is 60.7 Å². The summed E-state index contributed by atoms with van der Waals surface area (Å²) in [6.07, 6.45) is 1.39. The van der Waals surface area contributed by atoms with Crippen LogP contribution in [-0.4, -0.2) is 26.2 Å². The standard InChI is InChI=1S/C19H20N4O2/c1-25-12-11-21-19(24)15(13-20)14-22-16-7-9-18(10-8-16)23-17-5-3-2-4-6-17/h2-10,14,22-23H,11-12H2,1H3,(H,21,24)/b15-14-. The lowest BCUT2D eigenvalue weighted by molar-refractivity contribution is -0.117. The van der Waals surface area contributed by atoms with E-state index in [-0.39, 0.29) is 5.57 Å². The van der Waals surface area contributed by atoms with Gasteiger partial charge in [0, 0.05) is 36.9 Å². The fourth-order valence-corrected chi connectivity index (χ4v) is 2.00. The summed E-state index contributed by atoms with van der Waals surface area (Å²) in [4.78, 5) is 11.8. The second kappa shape index (κ2) is 9.75. The number of anilines is 3. The third-order valence-corrected chi connectivity index (χ3v) is 3.29. The average Bonchev–Trinajstić information content (AvgIpc) is 2.64. The molecule has 128 valence electrons. The van der Waals surface area contributed by atoms with E-state index in [0.29, 0.717) is 13.2 Å². The number of nitrogens with one attached hydrogen (secondary N) is 3. The smallest absolute Gasteiger partial charge is 0.263 e. The monoisotopic (exact) mass is 336 g/mol. The predicted molar refractivity (Wildman–Crippen MR) is 98.4 cm³/mol. The van der Waals surface area contributed by atoms with Crippen LogP contribution >= 0.6 is 0 Å². The fourth-order valence-electron chi connectivity index (χ4n) is 2.00. The summed E-state index contributed by atoms with van der Waals surface area (Å²) in [7, 11) is 1.55. The van der Waals surface area contributed by atoms with Gasteiger partial charge >= 0.3 is 0 Å². The lowest BCUT2D eigenvalue weighted by Gasteiger charge is -2.08. The van der Waals surface area contributed by atoms with Crippen molar-refractivity contribution in [3.05, 3.63) is 66.4 Å². The minimum Gasteiger partial charge on any atom is -0.383 e. The second-order valence-electron chi connectivity index (χ2n) is 5.13. The van der Waals surface area contributed by atoms with Gasteiger partial charge in [0.2, 0.25) is 0 Å². The first-order valence-corrected chi connectivity index (χ1v) is 7.79. The first kappa shape index (κ1) is 18.0. The van der Waals surface area contributed by atoms with E-state index >= 15 is 0 Å². The molecule has 25 heavy (non-hydrogen) atoms. The molecule has 0 spiro atoms. The van der Waals surface area contributed by atoms with Gasteiger partial charge in [-0.2, -0.15) is 5.26 Å². The van der Waals surface area contributed by atoms with E-state index in [4.69, 9.17) is 10.00 Å². The summed E-state index contributed by atoms with van der Waals surface area (Å²) in [6, 6.07) is 19.3. The van der Waals surface area contributed by atoms with Crippen LogP contribution in [0.3, 0.4) is 0 Å². The molecular formula is C19H20N4O2. The SMILES string of the molecule is COCCNC(=O)/C(C#N)=C\Nc1ccc(Nc2ccccc2)cc1. The topological polar surface area (TPSA) is 86.2 Å². The van der Waals surface area contributed by atoms with Crippen molar-refractivity contribution in [2.24, 2.45) is 0 Å². The number of methoxy groups -OCH3 is 1. The van der Waals surface area contributed by atoms with Crippen LogP contribution in [0.5, 0.6) is 0 Å². The van der Waals surface area contributed by atoms with Gasteiger partial charge in [-0.1, -0.05) is 18.2 Å². The van der Waals surface area contributed by atoms with E-state index in [9.17, 15) is 4.79 Å². The van der Waals surface area contributed by atoms with Crippen molar-refractivity contribution in [3.8, 4) is 6.07 Å². The highest BCUT2D eigenvalue weighted by atomic mass is 16.5. The Balaban J connectivity index is 1.93. The lowest BCUT2D eigenvalue weighted by atomic mass is 10.2. The van der Waals surface area contributed by atoms with Crippen LogP contribution in [0, 0.1) is 11.3 Å². The average molecular weight is 336 g/mol. The molecule has 2 aromatic rings. The maximum atomic E-state index is 11.8. The molecule has 0 heterocycles. The van der Waals surface area contributed by atoms with Gasteiger partial charge in [0.25, 0.3) is 5.91 Å². The number of amides is 1. The van der Waals surface area contributed by atoms with E-state index in [2.05, 4.69) is 16.0 Å². The van der Waals surface area contributed by atoms with Gasteiger partial charge in [-0.25, -0.2) is 0 Å². The minimum absolute atomic E-state index is 0.00240. The molecule has 0 fully saturated rings. The lowest BCUT2D eigenvalue weighted by Crippen LogP contribution is -2.28. The van der Waals surface area contributed by atoms with E-state index < -0.39 is 5.91 Å². The minimum atomic E-state index is -0.436. The Labute approximate surface area is 147 Å². The molecule has 0 radical (unpaired) electrons. The van der Waals surface area contributed by atoms with Crippen LogP contribution in [0.15, 0.2) is 66.4 Å². The number of hydrogen-bond donors (Lipinski definition) is 3. The fraction of sp³-hybridized carbons (Fsp3) is 0.158. The Morgan fingerprint density at radius 2 is 1.72 bits per heavy atom. The van der Waals surface area contributed by atoms with Crippen molar-refractivity contribution in [1.82, 2.24) is 5.32 Å². The first-order chi connectivity index (χ1) is 12.2. The maximum Gasteiger partial charge on any atom is 0.263 e. The molecule has 0 aromatic heterocycles. The summed E-state index contributed by atoms with van der Waals surface area (Å²) in [5.41, 5.74) is 2.72. The van der Waals surface area contributed by atoms with Gasteiger partial charge in [-0.15, -0.1) is 0 Å². The Kier molecular flexibility index (Phi) is 7.04. The van der Waals surface area contributed by atoms with Crippen molar-refractivity contribution in [2.75, 3.05) is 30.9 Å². The molecule has 6 nitrogen and oxygen atoms in total.